The number of aromatic nitrogens is 2. The molecule has 0 amide bonds. The molecular formula is C10H7BrN2O. The average Bonchev–Trinajstić information content (AvgIpc) is 2.18. The van der Waals surface area contributed by atoms with Gasteiger partial charge in [-0.2, -0.15) is 0 Å². The SMILES string of the molecule is O=c1cnccn1-c1cccc(Br)c1. The predicted molar refractivity (Wildman–Crippen MR) is 57.5 cm³/mol. The summed E-state index contributed by atoms with van der Waals surface area (Å²) >= 11 is 3.35. The van der Waals surface area contributed by atoms with E-state index < -0.39 is 0 Å². The van der Waals surface area contributed by atoms with Gasteiger partial charge in [-0.15, -0.1) is 0 Å². The fourth-order valence-electron chi connectivity index (χ4n) is 1.19. The Balaban J connectivity index is 2.61. The summed E-state index contributed by atoms with van der Waals surface area (Å²) in [6.07, 6.45) is 4.52. The summed E-state index contributed by atoms with van der Waals surface area (Å²) in [7, 11) is 0. The van der Waals surface area contributed by atoms with Crippen LogP contribution in [0.5, 0.6) is 0 Å². The van der Waals surface area contributed by atoms with E-state index in [4.69, 9.17) is 0 Å². The van der Waals surface area contributed by atoms with Gasteiger partial charge in [0.2, 0.25) is 0 Å². The van der Waals surface area contributed by atoms with Crippen LogP contribution in [0.2, 0.25) is 0 Å². The zero-order valence-corrected chi connectivity index (χ0v) is 8.81. The van der Waals surface area contributed by atoms with Crippen molar-refractivity contribution < 1.29 is 0 Å². The number of hydrogen-bond acceptors (Lipinski definition) is 2. The van der Waals surface area contributed by atoms with E-state index in [1.807, 2.05) is 24.3 Å². The Hall–Kier alpha value is -1.42. The average molecular weight is 251 g/mol. The first-order chi connectivity index (χ1) is 6.77. The molecule has 0 saturated heterocycles. The van der Waals surface area contributed by atoms with E-state index in [-0.39, 0.29) is 5.56 Å². The third kappa shape index (κ3) is 1.75. The van der Waals surface area contributed by atoms with Gasteiger partial charge in [-0.1, -0.05) is 22.0 Å². The molecule has 0 aliphatic heterocycles. The van der Waals surface area contributed by atoms with E-state index in [2.05, 4.69) is 20.9 Å². The molecule has 3 nitrogen and oxygen atoms in total. The van der Waals surface area contributed by atoms with Crippen molar-refractivity contribution in [3.05, 3.63) is 57.7 Å². The van der Waals surface area contributed by atoms with Gasteiger partial charge in [0.25, 0.3) is 5.56 Å². The third-order valence-corrected chi connectivity index (χ3v) is 2.30. The maximum absolute atomic E-state index is 11.4. The topological polar surface area (TPSA) is 34.9 Å². The van der Waals surface area contributed by atoms with Crippen LogP contribution in [0, 0.1) is 0 Å². The summed E-state index contributed by atoms with van der Waals surface area (Å²) in [5, 5.41) is 0. The van der Waals surface area contributed by atoms with Gasteiger partial charge in [-0.3, -0.25) is 14.3 Å². The Morgan fingerprint density at radius 2 is 2.21 bits per heavy atom. The van der Waals surface area contributed by atoms with Crippen LogP contribution < -0.4 is 5.56 Å². The van der Waals surface area contributed by atoms with Gasteiger partial charge in [0.05, 0.1) is 6.20 Å². The first kappa shape index (κ1) is 9.15. The van der Waals surface area contributed by atoms with Crippen LogP contribution in [-0.2, 0) is 0 Å². The molecule has 0 bridgehead atoms. The molecule has 0 atom stereocenters. The van der Waals surface area contributed by atoms with E-state index >= 15 is 0 Å². The molecule has 1 aromatic carbocycles. The van der Waals surface area contributed by atoms with Crippen LogP contribution >= 0.6 is 15.9 Å². The Bertz CT molecular complexity index is 507. The summed E-state index contributed by atoms with van der Waals surface area (Å²) < 4.78 is 2.48. The van der Waals surface area contributed by atoms with E-state index in [9.17, 15) is 4.79 Å². The normalized spacial score (nSPS) is 10.1. The van der Waals surface area contributed by atoms with Crippen molar-refractivity contribution >= 4 is 15.9 Å². The summed E-state index contributed by atoms with van der Waals surface area (Å²) in [4.78, 5) is 15.2. The number of hydrogen-bond donors (Lipinski definition) is 0. The van der Waals surface area contributed by atoms with Gasteiger partial charge in [-0.05, 0) is 18.2 Å². The third-order valence-electron chi connectivity index (χ3n) is 1.81. The van der Waals surface area contributed by atoms with E-state index in [0.717, 1.165) is 10.2 Å². The quantitative estimate of drug-likeness (QED) is 0.776. The summed E-state index contributed by atoms with van der Waals surface area (Å²) in [6.45, 7) is 0. The fraction of sp³-hybridized carbons (Fsp3) is 0. The molecule has 70 valence electrons. The van der Waals surface area contributed by atoms with E-state index in [1.165, 1.54) is 10.8 Å². The van der Waals surface area contributed by atoms with E-state index in [1.54, 1.807) is 12.4 Å². The smallest absolute Gasteiger partial charge is 0.273 e. The fourth-order valence-corrected chi connectivity index (χ4v) is 1.57. The van der Waals surface area contributed by atoms with Crippen LogP contribution in [0.1, 0.15) is 0 Å². The van der Waals surface area contributed by atoms with Crippen molar-refractivity contribution in [2.75, 3.05) is 0 Å². The first-order valence-electron chi connectivity index (χ1n) is 4.06. The highest BCUT2D eigenvalue weighted by Crippen LogP contribution is 2.13. The second kappa shape index (κ2) is 3.75. The molecular weight excluding hydrogens is 244 g/mol. The predicted octanol–water partition coefficient (Wildman–Crippen LogP) is 1.99. The molecule has 0 fully saturated rings. The van der Waals surface area contributed by atoms with Gasteiger partial charge >= 0.3 is 0 Å². The maximum atomic E-state index is 11.4. The zero-order chi connectivity index (χ0) is 9.97. The number of halogens is 1. The van der Waals surface area contributed by atoms with Gasteiger partial charge in [0.15, 0.2) is 0 Å². The molecule has 2 rings (SSSR count). The number of rotatable bonds is 1. The molecule has 1 aromatic heterocycles. The van der Waals surface area contributed by atoms with Crippen LogP contribution in [0.4, 0.5) is 0 Å². The second-order valence-corrected chi connectivity index (χ2v) is 3.68. The Kier molecular flexibility index (Phi) is 2.45. The largest absolute Gasteiger partial charge is 0.281 e. The molecule has 0 saturated carbocycles. The van der Waals surface area contributed by atoms with Crippen molar-refractivity contribution in [3.63, 3.8) is 0 Å². The van der Waals surface area contributed by atoms with Gasteiger partial charge in [0, 0.05) is 22.6 Å². The van der Waals surface area contributed by atoms with Gasteiger partial charge in [-0.25, -0.2) is 0 Å². The molecule has 2 aromatic rings. The van der Waals surface area contributed by atoms with E-state index in [0.29, 0.717) is 0 Å². The molecule has 0 radical (unpaired) electrons. The first-order valence-corrected chi connectivity index (χ1v) is 4.85. The van der Waals surface area contributed by atoms with Gasteiger partial charge < -0.3 is 0 Å². The van der Waals surface area contributed by atoms with Crippen LogP contribution in [-0.4, -0.2) is 9.55 Å². The highest BCUT2D eigenvalue weighted by atomic mass is 79.9. The molecule has 0 spiro atoms. The van der Waals surface area contributed by atoms with Crippen molar-refractivity contribution in [2.45, 2.75) is 0 Å². The second-order valence-electron chi connectivity index (χ2n) is 2.76. The molecule has 0 unspecified atom stereocenters. The molecule has 0 aliphatic carbocycles. The Labute approximate surface area is 89.2 Å². The molecule has 0 N–H and O–H groups in total. The number of nitrogens with zero attached hydrogens (tertiary/aromatic N) is 2. The van der Waals surface area contributed by atoms with Crippen molar-refractivity contribution in [2.24, 2.45) is 0 Å². The van der Waals surface area contributed by atoms with Crippen molar-refractivity contribution in [1.82, 2.24) is 9.55 Å². The summed E-state index contributed by atoms with van der Waals surface area (Å²) in [5.74, 6) is 0. The summed E-state index contributed by atoms with van der Waals surface area (Å²) in [6, 6.07) is 7.54. The highest BCUT2D eigenvalue weighted by Gasteiger charge is 1.97. The minimum atomic E-state index is -0.134. The monoisotopic (exact) mass is 250 g/mol. The lowest BCUT2D eigenvalue weighted by Crippen LogP contribution is -2.16. The molecule has 0 aliphatic rings. The number of benzene rings is 1. The Morgan fingerprint density at radius 1 is 1.36 bits per heavy atom. The minimum Gasteiger partial charge on any atom is -0.281 e. The van der Waals surface area contributed by atoms with Crippen LogP contribution in [0.25, 0.3) is 5.69 Å². The molecule has 4 heteroatoms. The Morgan fingerprint density at radius 3 is 2.93 bits per heavy atom. The molecule has 1 heterocycles. The van der Waals surface area contributed by atoms with Gasteiger partial charge in [0.1, 0.15) is 0 Å². The maximum Gasteiger partial charge on any atom is 0.273 e. The zero-order valence-electron chi connectivity index (χ0n) is 7.22. The van der Waals surface area contributed by atoms with Crippen LogP contribution in [0.3, 0.4) is 0 Å². The summed E-state index contributed by atoms with van der Waals surface area (Å²) in [5.41, 5.74) is 0.692. The lowest BCUT2D eigenvalue weighted by atomic mass is 10.3. The minimum absolute atomic E-state index is 0.134. The highest BCUT2D eigenvalue weighted by molar-refractivity contribution is 9.10. The lowest BCUT2D eigenvalue weighted by Gasteiger charge is -2.03. The standard InChI is InChI=1S/C10H7BrN2O/c11-8-2-1-3-9(6-8)13-5-4-12-7-10(13)14/h1-7H. The van der Waals surface area contributed by atoms with Crippen LogP contribution in [0.15, 0.2) is 52.1 Å². The van der Waals surface area contributed by atoms with Crippen molar-refractivity contribution in [1.29, 1.82) is 0 Å². The van der Waals surface area contributed by atoms with Crippen molar-refractivity contribution in [3.8, 4) is 5.69 Å². The lowest BCUT2D eigenvalue weighted by molar-refractivity contribution is 0.955. The molecule has 14 heavy (non-hydrogen) atoms.